The van der Waals surface area contributed by atoms with Gasteiger partial charge in [0.15, 0.2) is 0 Å². The molecule has 0 saturated carbocycles. The van der Waals surface area contributed by atoms with Crippen LogP contribution in [0.25, 0.3) is 11.4 Å². The summed E-state index contributed by atoms with van der Waals surface area (Å²) >= 11 is 0. The molecule has 1 unspecified atom stereocenters. The molecule has 3 aromatic rings. The number of carbonyl (C=O) groups excluding carboxylic acids is 2. The van der Waals surface area contributed by atoms with E-state index in [2.05, 4.69) is 20.6 Å². The van der Waals surface area contributed by atoms with Crippen molar-refractivity contribution in [2.45, 2.75) is 71.8 Å². The summed E-state index contributed by atoms with van der Waals surface area (Å²) in [5, 5.41) is 5.44. The van der Waals surface area contributed by atoms with E-state index in [-0.39, 0.29) is 30.6 Å². The minimum Gasteiger partial charge on any atom is -0.444 e. The van der Waals surface area contributed by atoms with Crippen molar-refractivity contribution in [3.63, 3.8) is 0 Å². The van der Waals surface area contributed by atoms with Crippen LogP contribution in [0.4, 0.5) is 10.5 Å². The molecule has 1 saturated heterocycles. The fourth-order valence-corrected chi connectivity index (χ4v) is 4.28. The van der Waals surface area contributed by atoms with Crippen molar-refractivity contribution in [2.24, 2.45) is 5.92 Å². The Bertz CT molecular complexity index is 1410. The van der Waals surface area contributed by atoms with E-state index in [4.69, 9.17) is 14.0 Å². The van der Waals surface area contributed by atoms with Crippen LogP contribution in [0.3, 0.4) is 0 Å². The predicted molar refractivity (Wildman–Crippen MR) is 155 cm³/mol. The number of carbonyl (C=O) groups is 2. The molecule has 2 aromatic heterocycles. The summed E-state index contributed by atoms with van der Waals surface area (Å²) in [4.78, 5) is 47.8. The van der Waals surface area contributed by atoms with Gasteiger partial charge in [0.1, 0.15) is 24.7 Å². The van der Waals surface area contributed by atoms with Crippen molar-refractivity contribution in [3.05, 3.63) is 77.0 Å². The van der Waals surface area contributed by atoms with Crippen LogP contribution < -0.4 is 16.2 Å². The minimum absolute atomic E-state index is 0.00398. The number of anilines is 1. The minimum atomic E-state index is -0.829. The van der Waals surface area contributed by atoms with Crippen LogP contribution >= 0.6 is 0 Å². The highest BCUT2D eigenvalue weighted by atomic mass is 16.7. The van der Waals surface area contributed by atoms with Gasteiger partial charge in [0, 0.05) is 18.0 Å². The van der Waals surface area contributed by atoms with Crippen LogP contribution in [-0.4, -0.2) is 50.8 Å². The number of aromatic nitrogens is 3. The van der Waals surface area contributed by atoms with E-state index in [9.17, 15) is 14.4 Å². The molecule has 2 N–H and O–H groups in total. The van der Waals surface area contributed by atoms with Gasteiger partial charge in [-0.25, -0.2) is 9.78 Å². The second-order valence-electron chi connectivity index (χ2n) is 11.3. The third-order valence-corrected chi connectivity index (χ3v) is 7.35. The molecule has 1 fully saturated rings. The highest BCUT2D eigenvalue weighted by Crippen LogP contribution is 2.38. The maximum atomic E-state index is 13.6. The Hall–Kier alpha value is -4.03. The Morgan fingerprint density at radius 1 is 1.02 bits per heavy atom. The lowest BCUT2D eigenvalue weighted by atomic mass is 9.72. The van der Waals surface area contributed by atoms with E-state index >= 15 is 0 Å². The summed E-state index contributed by atoms with van der Waals surface area (Å²) < 4.78 is 18.8. The summed E-state index contributed by atoms with van der Waals surface area (Å²) in [6.45, 7) is 11.4. The highest BCUT2D eigenvalue weighted by molar-refractivity contribution is 6.48. The number of ether oxygens (including phenoxy) is 1. The molecule has 12 heteroatoms. The van der Waals surface area contributed by atoms with E-state index in [0.29, 0.717) is 5.56 Å². The molecule has 0 spiro atoms. The molecule has 1 aliphatic heterocycles. The quantitative estimate of drug-likeness (QED) is 0.377. The van der Waals surface area contributed by atoms with E-state index in [0.717, 1.165) is 5.56 Å². The number of hydrogen-bond acceptors (Lipinski definition) is 8. The van der Waals surface area contributed by atoms with E-state index in [1.165, 1.54) is 10.8 Å². The van der Waals surface area contributed by atoms with Gasteiger partial charge in [-0.15, -0.1) is 0 Å². The molecule has 0 bridgehead atoms. The SMILES string of the molecule is CC(C)C(NC(=O)Cn1c(-c2ccccc2)ncc(NC(=O)OCc2ccncc2)c1=O)B1OC(C)(C)C(C)(C)O1. The molecular weight excluding hydrogens is 525 g/mol. The lowest BCUT2D eigenvalue weighted by Gasteiger charge is -2.32. The maximum absolute atomic E-state index is 13.6. The van der Waals surface area contributed by atoms with Crippen molar-refractivity contribution >= 4 is 24.8 Å². The highest BCUT2D eigenvalue weighted by Gasteiger charge is 2.54. The molecular formula is C29H36BN5O6. The molecule has 0 aliphatic carbocycles. The van der Waals surface area contributed by atoms with Crippen molar-refractivity contribution in [1.29, 1.82) is 0 Å². The van der Waals surface area contributed by atoms with Gasteiger partial charge in [-0.3, -0.25) is 24.5 Å². The lowest BCUT2D eigenvalue weighted by molar-refractivity contribution is -0.122. The van der Waals surface area contributed by atoms with Gasteiger partial charge in [-0.05, 0) is 51.3 Å². The average molecular weight is 561 g/mol. The number of rotatable bonds is 9. The molecule has 41 heavy (non-hydrogen) atoms. The van der Waals surface area contributed by atoms with Gasteiger partial charge < -0.3 is 19.4 Å². The number of amides is 2. The maximum Gasteiger partial charge on any atom is 0.482 e. The van der Waals surface area contributed by atoms with Crippen LogP contribution in [-0.2, 0) is 32.0 Å². The molecule has 216 valence electrons. The first-order valence-electron chi connectivity index (χ1n) is 13.5. The van der Waals surface area contributed by atoms with Crippen molar-refractivity contribution < 1.29 is 23.6 Å². The Morgan fingerprint density at radius 2 is 1.66 bits per heavy atom. The summed E-state index contributed by atoms with van der Waals surface area (Å²) in [5.74, 6) is -0.660. The number of benzene rings is 1. The molecule has 11 nitrogen and oxygen atoms in total. The van der Waals surface area contributed by atoms with E-state index in [1.54, 1.807) is 36.7 Å². The predicted octanol–water partition coefficient (Wildman–Crippen LogP) is 3.83. The Balaban J connectivity index is 1.56. The number of nitrogens with one attached hydrogen (secondary N) is 2. The molecule has 1 atom stereocenters. The fourth-order valence-electron chi connectivity index (χ4n) is 4.28. The smallest absolute Gasteiger partial charge is 0.444 e. The Morgan fingerprint density at radius 3 is 2.27 bits per heavy atom. The second-order valence-corrected chi connectivity index (χ2v) is 11.3. The molecule has 1 aromatic carbocycles. The Labute approximate surface area is 239 Å². The first-order chi connectivity index (χ1) is 19.4. The summed E-state index contributed by atoms with van der Waals surface area (Å²) in [6.07, 6.45) is 3.60. The van der Waals surface area contributed by atoms with Crippen LogP contribution in [0, 0.1) is 5.92 Å². The van der Waals surface area contributed by atoms with Crippen LogP contribution in [0.1, 0.15) is 47.1 Å². The van der Waals surface area contributed by atoms with Crippen LogP contribution in [0.15, 0.2) is 65.8 Å². The molecule has 3 heterocycles. The van der Waals surface area contributed by atoms with Crippen molar-refractivity contribution in [2.75, 3.05) is 5.32 Å². The van der Waals surface area contributed by atoms with E-state index < -0.39 is 41.8 Å². The van der Waals surface area contributed by atoms with Crippen LogP contribution in [0.2, 0.25) is 0 Å². The Kier molecular flexibility index (Phi) is 8.94. The van der Waals surface area contributed by atoms with Crippen molar-refractivity contribution in [3.8, 4) is 11.4 Å². The zero-order valence-corrected chi connectivity index (χ0v) is 24.2. The van der Waals surface area contributed by atoms with Gasteiger partial charge in [0.25, 0.3) is 5.56 Å². The normalized spacial score (nSPS) is 16.3. The average Bonchev–Trinajstić information content (AvgIpc) is 3.15. The number of hydrogen-bond donors (Lipinski definition) is 2. The van der Waals surface area contributed by atoms with Gasteiger partial charge in [-0.1, -0.05) is 44.2 Å². The summed E-state index contributed by atoms with van der Waals surface area (Å²) in [5.41, 5.74) is -0.486. The first-order valence-corrected chi connectivity index (χ1v) is 13.5. The molecule has 1 aliphatic rings. The van der Waals surface area contributed by atoms with E-state index in [1.807, 2.05) is 59.7 Å². The summed E-state index contributed by atoms with van der Waals surface area (Å²) in [7, 11) is -0.671. The molecule has 2 amide bonds. The molecule has 4 rings (SSSR count). The van der Waals surface area contributed by atoms with Gasteiger partial charge in [-0.2, -0.15) is 0 Å². The topological polar surface area (TPSA) is 134 Å². The van der Waals surface area contributed by atoms with Crippen LogP contribution in [0.5, 0.6) is 0 Å². The second kappa shape index (κ2) is 12.2. The third kappa shape index (κ3) is 7.01. The monoisotopic (exact) mass is 561 g/mol. The van der Waals surface area contributed by atoms with Crippen molar-refractivity contribution in [1.82, 2.24) is 19.9 Å². The third-order valence-electron chi connectivity index (χ3n) is 7.35. The van der Waals surface area contributed by atoms with Gasteiger partial charge >= 0.3 is 13.2 Å². The molecule has 0 radical (unpaired) electrons. The van der Waals surface area contributed by atoms with Gasteiger partial charge in [0.2, 0.25) is 5.91 Å². The zero-order chi connectivity index (χ0) is 29.8. The van der Waals surface area contributed by atoms with Gasteiger partial charge in [0.05, 0.1) is 23.3 Å². The standard InChI is InChI=1S/C29H36BN5O6/c1-19(2)24(30-40-28(3,4)29(5,6)41-30)34-23(36)17-35-25(21-10-8-7-9-11-21)32-16-22(26(35)37)33-27(38)39-18-20-12-14-31-15-13-20/h7-16,19,24H,17-18H2,1-6H3,(H,33,38)(H,34,36). The number of nitrogens with zero attached hydrogens (tertiary/aromatic N) is 3. The number of pyridine rings is 1. The lowest BCUT2D eigenvalue weighted by Crippen LogP contribution is -2.52. The fraction of sp³-hybridized carbons (Fsp3) is 0.414. The zero-order valence-electron chi connectivity index (χ0n) is 24.2. The largest absolute Gasteiger partial charge is 0.482 e. The summed E-state index contributed by atoms with van der Waals surface area (Å²) in [6, 6.07) is 12.4. The first kappa shape index (κ1) is 29.9.